The van der Waals surface area contributed by atoms with Gasteiger partial charge >= 0.3 is 0 Å². The van der Waals surface area contributed by atoms with Crippen LogP contribution in [-0.4, -0.2) is 0 Å². The van der Waals surface area contributed by atoms with Crippen LogP contribution in [-0.2, 0) is 6.42 Å². The van der Waals surface area contributed by atoms with Crippen LogP contribution in [0.5, 0.6) is 23.0 Å². The van der Waals surface area contributed by atoms with Gasteiger partial charge in [0.15, 0.2) is 11.5 Å². The molecule has 0 fully saturated rings. The fraction of sp³-hybridized carbons (Fsp3) is 0.111. The molecule has 0 spiro atoms. The number of ether oxygens (including phenoxy) is 2. The van der Waals surface area contributed by atoms with Crippen molar-refractivity contribution in [3.63, 3.8) is 0 Å². The lowest BCUT2D eigenvalue weighted by Crippen LogP contribution is -2.19. The number of furan rings is 2. The molecule has 0 radical (unpaired) electrons. The molecular weight excluding hydrogens is 618 g/mol. The van der Waals surface area contributed by atoms with E-state index in [9.17, 15) is 0 Å². The molecular formula is C45H33NO4. The van der Waals surface area contributed by atoms with Crippen molar-refractivity contribution in [1.29, 1.82) is 0 Å². The van der Waals surface area contributed by atoms with E-state index in [1.807, 2.05) is 54.8 Å². The average Bonchev–Trinajstić information content (AvgIpc) is 3.71. The summed E-state index contributed by atoms with van der Waals surface area (Å²) in [6.07, 6.45) is 4.89. The number of anilines is 2. The van der Waals surface area contributed by atoms with Crippen LogP contribution in [0.2, 0.25) is 0 Å². The maximum absolute atomic E-state index is 6.52. The molecule has 10 rings (SSSR count). The molecule has 2 aliphatic rings. The fourth-order valence-electron chi connectivity index (χ4n) is 7.93. The lowest BCUT2D eigenvalue weighted by Gasteiger charge is -2.33. The Kier molecular flexibility index (Phi) is 6.43. The van der Waals surface area contributed by atoms with Crippen LogP contribution in [0.25, 0.3) is 39.0 Å². The average molecular weight is 652 g/mol. The number of hydrogen-bond donors (Lipinski definition) is 0. The first-order chi connectivity index (χ1) is 24.6. The van der Waals surface area contributed by atoms with Gasteiger partial charge in [0.1, 0.15) is 28.2 Å². The van der Waals surface area contributed by atoms with Gasteiger partial charge in [0.2, 0.25) is 0 Å². The zero-order valence-electron chi connectivity index (χ0n) is 27.7. The van der Waals surface area contributed by atoms with Crippen LogP contribution < -0.4 is 14.4 Å². The third-order valence-electron chi connectivity index (χ3n) is 10.4. The van der Waals surface area contributed by atoms with Crippen molar-refractivity contribution in [3.05, 3.63) is 162 Å². The highest BCUT2D eigenvalue weighted by atomic mass is 16.5. The lowest BCUT2D eigenvalue weighted by atomic mass is 9.77. The largest absolute Gasteiger partial charge is 0.464 e. The first-order valence-electron chi connectivity index (χ1n) is 17.2. The Morgan fingerprint density at radius 2 is 1.28 bits per heavy atom. The molecule has 0 bridgehead atoms. The van der Waals surface area contributed by atoms with E-state index in [1.54, 1.807) is 0 Å². The second kappa shape index (κ2) is 11.2. The summed E-state index contributed by atoms with van der Waals surface area (Å²) in [7, 11) is 0. The van der Waals surface area contributed by atoms with Crippen LogP contribution in [0.1, 0.15) is 47.9 Å². The maximum atomic E-state index is 6.52. The predicted molar refractivity (Wildman–Crippen MR) is 200 cm³/mol. The Morgan fingerprint density at radius 1 is 0.640 bits per heavy atom. The maximum Gasteiger partial charge on any atom is 0.151 e. The van der Waals surface area contributed by atoms with Crippen molar-refractivity contribution < 1.29 is 18.3 Å². The Balaban J connectivity index is 1.06. The molecule has 2 atom stereocenters. The molecule has 0 saturated carbocycles. The van der Waals surface area contributed by atoms with E-state index in [0.29, 0.717) is 0 Å². The van der Waals surface area contributed by atoms with Gasteiger partial charge in [0.05, 0.1) is 17.6 Å². The molecule has 0 N–H and O–H groups in total. The zero-order valence-corrected chi connectivity index (χ0v) is 27.7. The topological polar surface area (TPSA) is 48.0 Å². The molecule has 2 aliphatic heterocycles. The number of nitrogens with zero attached hydrogens (tertiary/aromatic N) is 1. The van der Waals surface area contributed by atoms with Crippen LogP contribution in [0, 0.1) is 0 Å². The minimum absolute atomic E-state index is 0.245. The van der Waals surface area contributed by atoms with E-state index >= 15 is 0 Å². The summed E-state index contributed by atoms with van der Waals surface area (Å²) in [5.74, 6) is 4.00. The molecule has 5 nitrogen and oxygen atoms in total. The van der Waals surface area contributed by atoms with Crippen molar-refractivity contribution in [1.82, 2.24) is 0 Å². The van der Waals surface area contributed by atoms with Gasteiger partial charge in [-0.2, -0.15) is 0 Å². The molecule has 4 heterocycles. The predicted octanol–water partition coefficient (Wildman–Crippen LogP) is 12.9. The molecule has 0 aliphatic carbocycles. The molecule has 242 valence electrons. The number of para-hydroxylation sites is 6. The Morgan fingerprint density at radius 3 is 2.08 bits per heavy atom. The summed E-state index contributed by atoms with van der Waals surface area (Å²) in [5.41, 5.74) is 10.3. The summed E-state index contributed by atoms with van der Waals surface area (Å²) in [5, 5.41) is 3.15. The van der Waals surface area contributed by atoms with Crippen molar-refractivity contribution in [2.24, 2.45) is 0 Å². The standard InChI is InChI=1S/C45H33NO4/c1-27(46-37-13-5-9-17-42(37)50-43-18-10-6-14-38(43)46)21-31-26-47-44-25-36-35-22-29(19-20-41(35)49-45(36)24-34(31)44)33-23-30-11-3-7-15-39(30)48-40-16-8-4-12-32(40)28(33)2/h3-22,24-26,28,33H,23H2,1-2H3/b27-21+. The van der Waals surface area contributed by atoms with Crippen molar-refractivity contribution in [3.8, 4) is 23.0 Å². The highest BCUT2D eigenvalue weighted by Crippen LogP contribution is 2.49. The van der Waals surface area contributed by atoms with Gasteiger partial charge in [-0.25, -0.2) is 0 Å². The third kappa shape index (κ3) is 4.54. The minimum Gasteiger partial charge on any atom is -0.464 e. The molecule has 2 aromatic heterocycles. The van der Waals surface area contributed by atoms with E-state index in [1.165, 1.54) is 16.7 Å². The molecule has 50 heavy (non-hydrogen) atoms. The molecule has 5 heteroatoms. The van der Waals surface area contributed by atoms with Crippen molar-refractivity contribution in [2.45, 2.75) is 32.1 Å². The van der Waals surface area contributed by atoms with Crippen LogP contribution in [0.4, 0.5) is 11.4 Å². The molecule has 6 aromatic carbocycles. The van der Waals surface area contributed by atoms with E-state index in [2.05, 4.69) is 104 Å². The summed E-state index contributed by atoms with van der Waals surface area (Å²) in [6, 6.07) is 44.0. The smallest absolute Gasteiger partial charge is 0.151 e. The second-order valence-electron chi connectivity index (χ2n) is 13.4. The summed E-state index contributed by atoms with van der Waals surface area (Å²) in [4.78, 5) is 2.24. The number of hydrogen-bond acceptors (Lipinski definition) is 5. The van der Waals surface area contributed by atoms with E-state index in [4.69, 9.17) is 18.3 Å². The number of benzene rings is 6. The van der Waals surface area contributed by atoms with Gasteiger partial charge in [0.25, 0.3) is 0 Å². The summed E-state index contributed by atoms with van der Waals surface area (Å²) in [6.45, 7) is 4.44. The molecule has 0 saturated heterocycles. The monoisotopic (exact) mass is 651 g/mol. The van der Waals surface area contributed by atoms with Gasteiger partial charge in [-0.1, -0.05) is 73.7 Å². The first-order valence-corrected chi connectivity index (χ1v) is 17.2. The van der Waals surface area contributed by atoms with Gasteiger partial charge in [-0.05, 0) is 109 Å². The zero-order chi connectivity index (χ0) is 33.3. The van der Waals surface area contributed by atoms with Gasteiger partial charge in [-0.15, -0.1) is 0 Å². The Labute approximate surface area is 289 Å². The van der Waals surface area contributed by atoms with E-state index in [-0.39, 0.29) is 11.8 Å². The number of rotatable bonds is 3. The highest BCUT2D eigenvalue weighted by Gasteiger charge is 2.29. The third-order valence-corrected chi connectivity index (χ3v) is 10.4. The summed E-state index contributed by atoms with van der Waals surface area (Å²) < 4.78 is 25.4. The molecule has 8 aromatic rings. The Hall–Kier alpha value is -6.20. The quantitative estimate of drug-likeness (QED) is 0.190. The van der Waals surface area contributed by atoms with Crippen LogP contribution in [0.15, 0.2) is 148 Å². The van der Waals surface area contributed by atoms with E-state index < -0.39 is 0 Å². The minimum atomic E-state index is 0.245. The van der Waals surface area contributed by atoms with Crippen molar-refractivity contribution >= 4 is 50.4 Å². The van der Waals surface area contributed by atoms with Gasteiger partial charge in [-0.3, -0.25) is 0 Å². The number of allylic oxidation sites excluding steroid dienone is 1. The molecule has 0 amide bonds. The van der Waals surface area contributed by atoms with Gasteiger partial charge in [0, 0.05) is 27.4 Å². The Bertz CT molecular complexity index is 2600. The highest BCUT2D eigenvalue weighted by molar-refractivity contribution is 6.10. The number of fused-ring (bicyclic) bond motifs is 8. The fourth-order valence-corrected chi connectivity index (χ4v) is 7.93. The second-order valence-corrected chi connectivity index (χ2v) is 13.4. The summed E-state index contributed by atoms with van der Waals surface area (Å²) >= 11 is 0. The van der Waals surface area contributed by atoms with Crippen LogP contribution in [0.3, 0.4) is 0 Å². The molecule has 2 unspecified atom stereocenters. The van der Waals surface area contributed by atoms with E-state index in [0.717, 1.165) is 85.0 Å². The first kappa shape index (κ1) is 28.8. The lowest BCUT2D eigenvalue weighted by molar-refractivity contribution is 0.436. The van der Waals surface area contributed by atoms with Crippen LogP contribution >= 0.6 is 0 Å². The SMILES string of the molecule is C/C(=C\c1coc2cc3c(cc12)oc1ccc(C2Cc4ccccc4Oc4ccccc4C2C)cc13)N1c2ccccc2Oc2ccccc21. The normalized spacial score (nSPS) is 16.9. The van der Waals surface area contributed by atoms with Crippen molar-refractivity contribution in [2.75, 3.05) is 4.90 Å². The van der Waals surface area contributed by atoms with Gasteiger partial charge < -0.3 is 23.2 Å².